The number of benzene rings is 1. The zero-order valence-electron chi connectivity index (χ0n) is 15.0. The van der Waals surface area contributed by atoms with E-state index in [4.69, 9.17) is 22.1 Å². The lowest BCUT2D eigenvalue weighted by molar-refractivity contribution is 0.298. The summed E-state index contributed by atoms with van der Waals surface area (Å²) in [4.78, 5) is 8.40. The van der Waals surface area contributed by atoms with Gasteiger partial charge in [0.05, 0.1) is 12.2 Å². The third-order valence-electron chi connectivity index (χ3n) is 4.09. The van der Waals surface area contributed by atoms with Crippen LogP contribution in [0.5, 0.6) is 5.75 Å². The summed E-state index contributed by atoms with van der Waals surface area (Å²) in [5.74, 6) is 1.89. The fourth-order valence-electron chi connectivity index (χ4n) is 2.71. The van der Waals surface area contributed by atoms with E-state index in [0.29, 0.717) is 29.8 Å². The van der Waals surface area contributed by atoms with Crippen molar-refractivity contribution in [3.05, 3.63) is 57.8 Å². The molecule has 0 atom stereocenters. The zero-order valence-corrected chi connectivity index (χ0v) is 15.8. The van der Waals surface area contributed by atoms with Crippen molar-refractivity contribution in [1.82, 2.24) is 25.0 Å². The molecule has 26 heavy (non-hydrogen) atoms. The smallest absolute Gasteiger partial charge is 0.134 e. The molecular weight excluding hydrogens is 352 g/mol. The van der Waals surface area contributed by atoms with E-state index >= 15 is 0 Å². The Balaban J connectivity index is 1.77. The van der Waals surface area contributed by atoms with Gasteiger partial charge in [-0.2, -0.15) is 0 Å². The summed E-state index contributed by atoms with van der Waals surface area (Å²) >= 11 is 5.98. The predicted octanol–water partition coefficient (Wildman–Crippen LogP) is 3.11. The van der Waals surface area contributed by atoms with Crippen LogP contribution in [0, 0.1) is 13.8 Å². The van der Waals surface area contributed by atoms with Crippen molar-refractivity contribution >= 4 is 17.4 Å². The molecule has 3 rings (SSSR count). The first-order valence-corrected chi connectivity index (χ1v) is 8.74. The Bertz CT molecular complexity index is 924. The summed E-state index contributed by atoms with van der Waals surface area (Å²) in [5, 5.41) is 9.21. The molecule has 0 aliphatic rings. The number of nitrogen functional groups attached to an aromatic ring is 1. The molecule has 0 unspecified atom stereocenters. The molecular formula is C18H21ClN6O. The van der Waals surface area contributed by atoms with E-state index in [0.717, 1.165) is 34.7 Å². The lowest BCUT2D eigenvalue weighted by Gasteiger charge is -2.10. The molecule has 1 aromatic carbocycles. The van der Waals surface area contributed by atoms with E-state index in [1.54, 1.807) is 13.1 Å². The Kier molecular flexibility index (Phi) is 5.37. The van der Waals surface area contributed by atoms with Crippen molar-refractivity contribution in [1.29, 1.82) is 0 Å². The molecule has 7 nitrogen and oxygen atoms in total. The molecule has 0 fully saturated rings. The highest BCUT2D eigenvalue weighted by atomic mass is 35.5. The number of anilines is 1. The quantitative estimate of drug-likeness (QED) is 0.714. The van der Waals surface area contributed by atoms with Gasteiger partial charge in [0.25, 0.3) is 0 Å². The number of aromatic nitrogens is 5. The monoisotopic (exact) mass is 372 g/mol. The molecule has 0 spiro atoms. The summed E-state index contributed by atoms with van der Waals surface area (Å²) < 4.78 is 7.72. The van der Waals surface area contributed by atoms with Gasteiger partial charge in [-0.25, -0.2) is 14.6 Å². The van der Waals surface area contributed by atoms with Gasteiger partial charge >= 0.3 is 0 Å². The Labute approximate surface area is 157 Å². The maximum atomic E-state index is 5.98. The first-order valence-electron chi connectivity index (χ1n) is 8.36. The number of aryl methyl sites for hydroxylation is 2. The molecule has 0 aliphatic heterocycles. The van der Waals surface area contributed by atoms with E-state index in [1.807, 2.05) is 29.8 Å². The number of hydrogen-bond acceptors (Lipinski definition) is 6. The molecule has 2 aromatic heterocycles. The second-order valence-corrected chi connectivity index (χ2v) is 6.46. The summed E-state index contributed by atoms with van der Waals surface area (Å²) in [6.07, 6.45) is 2.50. The second kappa shape index (κ2) is 7.70. The Morgan fingerprint density at radius 3 is 2.77 bits per heavy atom. The molecule has 2 heterocycles. The van der Waals surface area contributed by atoms with Gasteiger partial charge in [-0.05, 0) is 44.0 Å². The number of nitrogens with two attached hydrogens (primary N) is 1. The van der Waals surface area contributed by atoms with E-state index in [1.165, 1.54) is 0 Å². The molecule has 0 amide bonds. The standard InChI is InChI=1S/C18H21ClN6O/c1-4-16-15(10-26-17-6-5-14(19)7-11(17)2)23-24-25(16)9-13-8-21-12(3)22-18(13)20/h5-8H,4,9-10H2,1-3H3,(H2,20,21,22). The molecule has 136 valence electrons. The maximum absolute atomic E-state index is 5.98. The van der Waals surface area contributed by atoms with Crippen molar-refractivity contribution in [3.8, 4) is 5.75 Å². The predicted molar refractivity (Wildman–Crippen MR) is 100 cm³/mol. The maximum Gasteiger partial charge on any atom is 0.134 e. The van der Waals surface area contributed by atoms with Crippen molar-refractivity contribution in [2.24, 2.45) is 0 Å². The van der Waals surface area contributed by atoms with Gasteiger partial charge in [0, 0.05) is 16.8 Å². The van der Waals surface area contributed by atoms with Gasteiger partial charge in [-0.15, -0.1) is 5.10 Å². The van der Waals surface area contributed by atoms with Crippen LogP contribution in [-0.4, -0.2) is 25.0 Å². The van der Waals surface area contributed by atoms with Gasteiger partial charge in [0.2, 0.25) is 0 Å². The fourth-order valence-corrected chi connectivity index (χ4v) is 2.94. The lowest BCUT2D eigenvalue weighted by Crippen LogP contribution is -2.11. The normalized spacial score (nSPS) is 10.9. The highest BCUT2D eigenvalue weighted by molar-refractivity contribution is 6.30. The van der Waals surface area contributed by atoms with Crippen LogP contribution in [-0.2, 0) is 19.6 Å². The number of halogens is 1. The SMILES string of the molecule is CCc1c(COc2ccc(Cl)cc2C)nnn1Cc1cnc(C)nc1N. The number of rotatable bonds is 6. The van der Waals surface area contributed by atoms with E-state index < -0.39 is 0 Å². The number of hydrogen-bond donors (Lipinski definition) is 1. The highest BCUT2D eigenvalue weighted by Crippen LogP contribution is 2.23. The molecule has 0 saturated heterocycles. The minimum Gasteiger partial charge on any atom is -0.487 e. The average molecular weight is 373 g/mol. The van der Waals surface area contributed by atoms with Crippen LogP contribution >= 0.6 is 11.6 Å². The van der Waals surface area contributed by atoms with Crippen molar-refractivity contribution in [2.45, 2.75) is 40.3 Å². The van der Waals surface area contributed by atoms with Crippen molar-refractivity contribution in [2.75, 3.05) is 5.73 Å². The first kappa shape index (κ1) is 18.1. The molecule has 0 radical (unpaired) electrons. The summed E-state index contributed by atoms with van der Waals surface area (Å²) in [5.41, 5.74) is 9.57. The molecule has 8 heteroatoms. The van der Waals surface area contributed by atoms with Gasteiger partial charge in [-0.3, -0.25) is 0 Å². The summed E-state index contributed by atoms with van der Waals surface area (Å²) in [6, 6.07) is 5.54. The molecule has 2 N–H and O–H groups in total. The van der Waals surface area contributed by atoms with Crippen LogP contribution in [0.25, 0.3) is 0 Å². The van der Waals surface area contributed by atoms with Gasteiger partial charge in [-0.1, -0.05) is 23.7 Å². The minimum atomic E-state index is 0.339. The number of ether oxygens (including phenoxy) is 1. The molecule has 0 bridgehead atoms. The molecule has 0 aliphatic carbocycles. The lowest BCUT2D eigenvalue weighted by atomic mass is 10.2. The third-order valence-corrected chi connectivity index (χ3v) is 4.33. The van der Waals surface area contributed by atoms with Crippen molar-refractivity contribution in [3.63, 3.8) is 0 Å². The average Bonchev–Trinajstić information content (AvgIpc) is 2.98. The van der Waals surface area contributed by atoms with Gasteiger partial charge < -0.3 is 10.5 Å². The minimum absolute atomic E-state index is 0.339. The van der Waals surface area contributed by atoms with Crippen LogP contribution in [0.4, 0.5) is 5.82 Å². The Hall–Kier alpha value is -2.67. The number of nitrogens with zero attached hydrogens (tertiary/aromatic N) is 5. The molecule has 0 saturated carbocycles. The largest absolute Gasteiger partial charge is 0.487 e. The van der Waals surface area contributed by atoms with E-state index in [-0.39, 0.29) is 0 Å². The fraction of sp³-hybridized carbons (Fsp3) is 0.333. The van der Waals surface area contributed by atoms with Crippen LogP contribution in [0.15, 0.2) is 24.4 Å². The summed E-state index contributed by atoms with van der Waals surface area (Å²) in [6.45, 7) is 6.63. The van der Waals surface area contributed by atoms with Crippen LogP contribution in [0.2, 0.25) is 5.02 Å². The van der Waals surface area contributed by atoms with Gasteiger partial charge in [0.15, 0.2) is 0 Å². The van der Waals surface area contributed by atoms with E-state index in [2.05, 4.69) is 27.2 Å². The second-order valence-electron chi connectivity index (χ2n) is 6.02. The van der Waals surface area contributed by atoms with Crippen molar-refractivity contribution < 1.29 is 4.74 Å². The van der Waals surface area contributed by atoms with Crippen LogP contribution in [0.1, 0.15) is 35.3 Å². The Morgan fingerprint density at radius 2 is 2.08 bits per heavy atom. The van der Waals surface area contributed by atoms with E-state index in [9.17, 15) is 0 Å². The highest BCUT2D eigenvalue weighted by Gasteiger charge is 2.14. The summed E-state index contributed by atoms with van der Waals surface area (Å²) in [7, 11) is 0. The van der Waals surface area contributed by atoms with Gasteiger partial charge in [0.1, 0.15) is 29.7 Å². The first-order chi connectivity index (χ1) is 12.5. The zero-order chi connectivity index (χ0) is 18.7. The molecule has 3 aromatic rings. The Morgan fingerprint density at radius 1 is 1.27 bits per heavy atom. The third kappa shape index (κ3) is 3.94. The van der Waals surface area contributed by atoms with Crippen LogP contribution < -0.4 is 10.5 Å². The van der Waals surface area contributed by atoms with Crippen LogP contribution in [0.3, 0.4) is 0 Å². The topological polar surface area (TPSA) is 91.7 Å².